The van der Waals surface area contributed by atoms with Gasteiger partial charge in [-0.25, -0.2) is 4.39 Å². The highest BCUT2D eigenvalue weighted by atomic mass is 127. The molecule has 1 aliphatic rings. The molecule has 0 saturated heterocycles. The molecule has 154 valence electrons. The summed E-state index contributed by atoms with van der Waals surface area (Å²) in [5.74, 6) is 2.19. The molecule has 2 N–H and O–H groups in total. The third-order valence-electron chi connectivity index (χ3n) is 4.81. The lowest BCUT2D eigenvalue weighted by atomic mass is 9.95. The van der Waals surface area contributed by atoms with Crippen LogP contribution in [0, 0.1) is 5.82 Å². The summed E-state index contributed by atoms with van der Waals surface area (Å²) in [5, 5.41) is 10.5. The van der Waals surface area contributed by atoms with Gasteiger partial charge >= 0.3 is 0 Å². The SMILES string of the molecule is CCNC(=NCC1(c2ccccc2F)CC1)NCCc1nc(C(C)C)no1.I. The number of halogens is 2. The van der Waals surface area contributed by atoms with E-state index in [4.69, 9.17) is 9.52 Å². The van der Waals surface area contributed by atoms with Gasteiger partial charge in [0.15, 0.2) is 11.8 Å². The first-order valence-electron chi connectivity index (χ1n) is 9.64. The van der Waals surface area contributed by atoms with Crippen LogP contribution in [-0.2, 0) is 11.8 Å². The number of guanidine groups is 1. The monoisotopic (exact) mass is 501 g/mol. The third-order valence-corrected chi connectivity index (χ3v) is 4.81. The highest BCUT2D eigenvalue weighted by molar-refractivity contribution is 14.0. The van der Waals surface area contributed by atoms with Crippen LogP contribution < -0.4 is 10.6 Å². The molecule has 8 heteroatoms. The normalized spacial score (nSPS) is 15.2. The topological polar surface area (TPSA) is 75.3 Å². The predicted molar refractivity (Wildman–Crippen MR) is 119 cm³/mol. The maximum Gasteiger partial charge on any atom is 0.228 e. The zero-order chi connectivity index (χ0) is 19.3. The predicted octanol–water partition coefficient (Wildman–Crippen LogP) is 3.78. The lowest BCUT2D eigenvalue weighted by molar-refractivity contribution is 0.371. The fourth-order valence-electron chi connectivity index (χ4n) is 3.02. The maximum atomic E-state index is 14.1. The van der Waals surface area contributed by atoms with Crippen molar-refractivity contribution in [3.8, 4) is 0 Å². The summed E-state index contributed by atoms with van der Waals surface area (Å²) < 4.78 is 19.4. The van der Waals surface area contributed by atoms with Crippen LogP contribution >= 0.6 is 24.0 Å². The molecule has 0 radical (unpaired) electrons. The third kappa shape index (κ3) is 5.65. The first-order chi connectivity index (χ1) is 13.0. The summed E-state index contributed by atoms with van der Waals surface area (Å²) in [6.07, 6.45) is 2.57. The molecule has 2 aromatic rings. The van der Waals surface area contributed by atoms with Gasteiger partial charge < -0.3 is 15.2 Å². The molecule has 0 aliphatic heterocycles. The zero-order valence-electron chi connectivity index (χ0n) is 16.7. The Labute approximate surface area is 182 Å². The van der Waals surface area contributed by atoms with E-state index in [1.165, 1.54) is 6.07 Å². The zero-order valence-corrected chi connectivity index (χ0v) is 19.0. The van der Waals surface area contributed by atoms with Gasteiger partial charge in [0, 0.05) is 30.8 Å². The highest BCUT2D eigenvalue weighted by Gasteiger charge is 2.45. The van der Waals surface area contributed by atoms with Crippen molar-refractivity contribution in [3.63, 3.8) is 0 Å². The van der Waals surface area contributed by atoms with Crippen molar-refractivity contribution in [3.05, 3.63) is 47.4 Å². The second kappa shape index (κ2) is 10.2. The van der Waals surface area contributed by atoms with Gasteiger partial charge in [0.2, 0.25) is 5.89 Å². The fraction of sp³-hybridized carbons (Fsp3) is 0.550. The Morgan fingerprint density at radius 1 is 1.29 bits per heavy atom. The molecule has 0 atom stereocenters. The molecule has 1 aromatic heterocycles. The van der Waals surface area contributed by atoms with E-state index in [1.54, 1.807) is 6.07 Å². The Bertz CT molecular complexity index is 788. The second-order valence-corrected chi connectivity index (χ2v) is 7.33. The van der Waals surface area contributed by atoms with Gasteiger partial charge in [0.1, 0.15) is 5.82 Å². The molecule has 6 nitrogen and oxygen atoms in total. The summed E-state index contributed by atoms with van der Waals surface area (Å²) in [6, 6.07) is 7.02. The minimum atomic E-state index is -0.160. The molecule has 0 amide bonds. The van der Waals surface area contributed by atoms with Gasteiger partial charge in [-0.05, 0) is 31.4 Å². The summed E-state index contributed by atoms with van der Waals surface area (Å²) >= 11 is 0. The minimum Gasteiger partial charge on any atom is -0.357 e. The first-order valence-corrected chi connectivity index (χ1v) is 9.64. The molecule has 3 rings (SSSR count). The number of nitrogens with zero attached hydrogens (tertiary/aromatic N) is 3. The van der Waals surface area contributed by atoms with Crippen LogP contribution in [0.25, 0.3) is 0 Å². The molecule has 1 aliphatic carbocycles. The van der Waals surface area contributed by atoms with Crippen LogP contribution in [0.4, 0.5) is 4.39 Å². The van der Waals surface area contributed by atoms with Crippen molar-refractivity contribution in [2.24, 2.45) is 4.99 Å². The van der Waals surface area contributed by atoms with Crippen LogP contribution in [0.2, 0.25) is 0 Å². The molecule has 1 aromatic carbocycles. The molecule has 1 heterocycles. The number of benzene rings is 1. The van der Waals surface area contributed by atoms with Gasteiger partial charge in [-0.15, -0.1) is 24.0 Å². The van der Waals surface area contributed by atoms with Crippen LogP contribution in [0.3, 0.4) is 0 Å². The molecule has 0 unspecified atom stereocenters. The lowest BCUT2D eigenvalue weighted by Gasteiger charge is -2.16. The molecular weight excluding hydrogens is 472 g/mol. The molecule has 1 fully saturated rings. The number of aliphatic imine (C=N–C) groups is 1. The second-order valence-electron chi connectivity index (χ2n) is 7.33. The quantitative estimate of drug-likeness (QED) is 0.327. The smallest absolute Gasteiger partial charge is 0.228 e. The molecule has 0 bridgehead atoms. The van der Waals surface area contributed by atoms with Crippen molar-refractivity contribution < 1.29 is 8.91 Å². The molecule has 0 spiro atoms. The molecular formula is C20H29FIN5O. The average Bonchev–Trinajstić information content (AvgIpc) is 3.28. The Morgan fingerprint density at radius 3 is 2.64 bits per heavy atom. The average molecular weight is 501 g/mol. The van der Waals surface area contributed by atoms with Crippen molar-refractivity contribution in [1.82, 2.24) is 20.8 Å². The Kier molecular flexibility index (Phi) is 8.21. The van der Waals surface area contributed by atoms with Gasteiger partial charge in [-0.1, -0.05) is 37.2 Å². The maximum absolute atomic E-state index is 14.1. The van der Waals surface area contributed by atoms with Crippen molar-refractivity contribution in [2.75, 3.05) is 19.6 Å². The van der Waals surface area contributed by atoms with E-state index in [-0.39, 0.29) is 41.1 Å². The van der Waals surface area contributed by atoms with Gasteiger partial charge in [0.25, 0.3) is 0 Å². The van der Waals surface area contributed by atoms with E-state index >= 15 is 0 Å². The summed E-state index contributed by atoms with van der Waals surface area (Å²) in [6.45, 7) is 8.06. The minimum absolute atomic E-state index is 0. The van der Waals surface area contributed by atoms with Crippen LogP contribution in [0.1, 0.15) is 56.8 Å². The Balaban J connectivity index is 0.00000280. The standard InChI is InChI=1S/C20H28FN5O.HI/c1-4-22-19(23-12-9-17-25-18(14(2)3)26-27-17)24-13-20(10-11-20)15-7-5-6-8-16(15)21;/h5-8,14H,4,9-13H2,1-3H3,(H2,22,23,24);1H. The molecule has 1 saturated carbocycles. The van der Waals surface area contributed by atoms with Gasteiger partial charge in [-0.2, -0.15) is 4.98 Å². The van der Waals surface area contributed by atoms with Crippen LogP contribution in [-0.4, -0.2) is 35.7 Å². The number of nitrogens with one attached hydrogen (secondary N) is 2. The summed E-state index contributed by atoms with van der Waals surface area (Å²) in [5.41, 5.74) is 0.614. The fourth-order valence-corrected chi connectivity index (χ4v) is 3.02. The van der Waals surface area contributed by atoms with E-state index in [1.807, 2.05) is 32.9 Å². The largest absolute Gasteiger partial charge is 0.357 e. The highest BCUT2D eigenvalue weighted by Crippen LogP contribution is 2.49. The number of rotatable bonds is 8. The number of hydrogen-bond acceptors (Lipinski definition) is 4. The van der Waals surface area contributed by atoms with E-state index < -0.39 is 0 Å². The van der Waals surface area contributed by atoms with E-state index in [9.17, 15) is 4.39 Å². The van der Waals surface area contributed by atoms with E-state index in [0.717, 1.165) is 36.7 Å². The summed E-state index contributed by atoms with van der Waals surface area (Å²) in [7, 11) is 0. The van der Waals surface area contributed by atoms with Gasteiger partial charge in [0.05, 0.1) is 6.54 Å². The van der Waals surface area contributed by atoms with Crippen molar-refractivity contribution in [1.29, 1.82) is 0 Å². The van der Waals surface area contributed by atoms with E-state index in [0.29, 0.717) is 25.4 Å². The summed E-state index contributed by atoms with van der Waals surface area (Å²) in [4.78, 5) is 9.07. The van der Waals surface area contributed by atoms with Crippen molar-refractivity contribution >= 4 is 29.9 Å². The van der Waals surface area contributed by atoms with Crippen molar-refractivity contribution in [2.45, 2.75) is 51.4 Å². The number of hydrogen-bond donors (Lipinski definition) is 2. The lowest BCUT2D eigenvalue weighted by Crippen LogP contribution is -2.39. The van der Waals surface area contributed by atoms with Crippen LogP contribution in [0.5, 0.6) is 0 Å². The molecule has 28 heavy (non-hydrogen) atoms. The number of aromatic nitrogens is 2. The Morgan fingerprint density at radius 2 is 2.04 bits per heavy atom. The van der Waals surface area contributed by atoms with Crippen LogP contribution in [0.15, 0.2) is 33.8 Å². The Hall–Kier alpha value is -1.71. The first kappa shape index (κ1) is 22.6. The van der Waals surface area contributed by atoms with Gasteiger partial charge in [-0.3, -0.25) is 4.99 Å². The van der Waals surface area contributed by atoms with E-state index in [2.05, 4.69) is 20.8 Å².